The normalized spacial score (nSPS) is 9.65. The van der Waals surface area contributed by atoms with Gasteiger partial charge in [-0.2, -0.15) is 0 Å². The van der Waals surface area contributed by atoms with Crippen molar-refractivity contribution in [3.05, 3.63) is 28.8 Å². The van der Waals surface area contributed by atoms with E-state index in [1.54, 1.807) is 0 Å². The minimum Gasteiger partial charge on any atom is -0.492 e. The second-order valence-electron chi connectivity index (χ2n) is 4.12. The van der Waals surface area contributed by atoms with Crippen LogP contribution >= 0.6 is 0 Å². The third kappa shape index (κ3) is 4.13. The average molecular weight is 231 g/mol. The fourth-order valence-electron chi connectivity index (χ4n) is 1.91. The Labute approximate surface area is 104 Å². The van der Waals surface area contributed by atoms with Gasteiger partial charge in [0.15, 0.2) is 0 Å². The van der Waals surface area contributed by atoms with E-state index >= 15 is 0 Å². The summed E-state index contributed by atoms with van der Waals surface area (Å²) in [6.45, 7) is 7.34. The van der Waals surface area contributed by atoms with E-state index in [9.17, 15) is 0 Å². The van der Waals surface area contributed by atoms with Crippen LogP contribution in [0.2, 0.25) is 0 Å². The molecule has 1 rings (SSSR count). The molecule has 0 amide bonds. The molecule has 92 valence electrons. The monoisotopic (exact) mass is 231 g/mol. The number of nitrogens with two attached hydrogens (primary N) is 1. The van der Waals surface area contributed by atoms with Crippen molar-refractivity contribution in [2.45, 2.75) is 33.6 Å². The van der Waals surface area contributed by atoms with Crippen LogP contribution in [0.3, 0.4) is 0 Å². The number of rotatable bonds is 5. The van der Waals surface area contributed by atoms with Gasteiger partial charge in [-0.05, 0) is 50.4 Å². The van der Waals surface area contributed by atoms with E-state index in [1.165, 1.54) is 16.7 Å². The molecule has 17 heavy (non-hydrogen) atoms. The first-order valence-electron chi connectivity index (χ1n) is 6.01. The summed E-state index contributed by atoms with van der Waals surface area (Å²) in [6.07, 6.45) is 1.70. The fraction of sp³-hybridized carbons (Fsp3) is 0.467. The van der Waals surface area contributed by atoms with Crippen LogP contribution in [0.1, 0.15) is 30.0 Å². The van der Waals surface area contributed by atoms with Crippen LogP contribution in [0.4, 0.5) is 0 Å². The fourth-order valence-corrected chi connectivity index (χ4v) is 1.91. The molecular weight excluding hydrogens is 210 g/mol. The molecule has 0 fully saturated rings. The highest BCUT2D eigenvalue weighted by molar-refractivity contribution is 5.43. The van der Waals surface area contributed by atoms with Gasteiger partial charge in [-0.3, -0.25) is 0 Å². The molecule has 0 atom stereocenters. The van der Waals surface area contributed by atoms with Crippen molar-refractivity contribution < 1.29 is 4.74 Å². The predicted molar refractivity (Wildman–Crippen MR) is 72.2 cm³/mol. The van der Waals surface area contributed by atoms with Gasteiger partial charge in [-0.15, -0.1) is 11.8 Å². The Morgan fingerprint density at radius 1 is 1.24 bits per heavy atom. The van der Waals surface area contributed by atoms with E-state index in [0.29, 0.717) is 13.2 Å². The molecule has 0 aliphatic carbocycles. The van der Waals surface area contributed by atoms with Gasteiger partial charge in [-0.1, -0.05) is 12.1 Å². The highest BCUT2D eigenvalue weighted by Crippen LogP contribution is 2.25. The Bertz CT molecular complexity index is 403. The Morgan fingerprint density at radius 2 is 1.88 bits per heavy atom. The first-order valence-corrected chi connectivity index (χ1v) is 6.01. The number of hydrogen-bond acceptors (Lipinski definition) is 2. The molecule has 0 unspecified atom stereocenters. The summed E-state index contributed by atoms with van der Waals surface area (Å²) in [4.78, 5) is 0. The molecule has 0 aromatic heterocycles. The van der Waals surface area contributed by atoms with E-state index in [4.69, 9.17) is 10.5 Å². The molecule has 0 heterocycles. The summed E-state index contributed by atoms with van der Waals surface area (Å²) < 4.78 is 5.77. The smallest absolute Gasteiger partial charge is 0.125 e. The molecule has 2 heteroatoms. The Balaban J connectivity index is 2.74. The number of hydrogen-bond donors (Lipinski definition) is 1. The first-order chi connectivity index (χ1) is 8.19. The quantitative estimate of drug-likeness (QED) is 0.624. The number of ether oxygens (including phenoxy) is 1. The Hall–Kier alpha value is -1.46. The highest BCUT2D eigenvalue weighted by Gasteiger charge is 2.05. The molecule has 1 aromatic carbocycles. The van der Waals surface area contributed by atoms with Gasteiger partial charge in [0.25, 0.3) is 0 Å². The second kappa shape index (κ2) is 6.98. The van der Waals surface area contributed by atoms with E-state index in [1.807, 2.05) is 6.92 Å². The summed E-state index contributed by atoms with van der Waals surface area (Å²) in [6, 6.07) is 4.31. The SMILES string of the molecule is CC#CCCOc1c(C)cc(CCN)cc1C. The van der Waals surface area contributed by atoms with Crippen molar-refractivity contribution in [1.29, 1.82) is 0 Å². The number of aryl methyl sites for hydroxylation is 2. The summed E-state index contributed by atoms with van der Waals surface area (Å²) in [5.41, 5.74) is 9.20. The zero-order valence-corrected chi connectivity index (χ0v) is 11.0. The van der Waals surface area contributed by atoms with Crippen LogP contribution in [0.25, 0.3) is 0 Å². The minimum atomic E-state index is 0.652. The molecule has 0 saturated heterocycles. The van der Waals surface area contributed by atoms with Crippen LogP contribution in [-0.4, -0.2) is 13.2 Å². The first kappa shape index (κ1) is 13.6. The van der Waals surface area contributed by atoms with Gasteiger partial charge in [0.05, 0.1) is 6.61 Å². The third-order valence-electron chi connectivity index (χ3n) is 2.60. The second-order valence-corrected chi connectivity index (χ2v) is 4.12. The van der Waals surface area contributed by atoms with Crippen LogP contribution in [-0.2, 0) is 6.42 Å². The topological polar surface area (TPSA) is 35.2 Å². The molecular formula is C15H21NO. The summed E-state index contributed by atoms with van der Waals surface area (Å²) in [5.74, 6) is 6.85. The zero-order chi connectivity index (χ0) is 12.7. The van der Waals surface area contributed by atoms with Gasteiger partial charge in [-0.25, -0.2) is 0 Å². The predicted octanol–water partition coefficient (Wildman–Crippen LogP) is 2.60. The van der Waals surface area contributed by atoms with Crippen molar-refractivity contribution in [3.63, 3.8) is 0 Å². The maximum Gasteiger partial charge on any atom is 0.125 e. The molecule has 0 bridgehead atoms. The zero-order valence-electron chi connectivity index (χ0n) is 11.0. The number of benzene rings is 1. The van der Waals surface area contributed by atoms with E-state index in [2.05, 4.69) is 37.8 Å². The molecule has 0 saturated carbocycles. The van der Waals surface area contributed by atoms with Crippen molar-refractivity contribution in [2.75, 3.05) is 13.2 Å². The van der Waals surface area contributed by atoms with Crippen molar-refractivity contribution >= 4 is 0 Å². The van der Waals surface area contributed by atoms with Crippen molar-refractivity contribution in [2.24, 2.45) is 5.73 Å². The maximum absolute atomic E-state index is 5.77. The van der Waals surface area contributed by atoms with E-state index in [-0.39, 0.29) is 0 Å². The molecule has 0 spiro atoms. The van der Waals surface area contributed by atoms with Gasteiger partial charge in [0.2, 0.25) is 0 Å². The van der Waals surface area contributed by atoms with Gasteiger partial charge >= 0.3 is 0 Å². The lowest BCUT2D eigenvalue weighted by molar-refractivity contribution is 0.322. The maximum atomic E-state index is 5.77. The molecule has 2 nitrogen and oxygen atoms in total. The summed E-state index contributed by atoms with van der Waals surface area (Å²) >= 11 is 0. The molecule has 0 aliphatic rings. The van der Waals surface area contributed by atoms with Crippen LogP contribution in [0.15, 0.2) is 12.1 Å². The highest BCUT2D eigenvalue weighted by atomic mass is 16.5. The van der Waals surface area contributed by atoms with Crippen molar-refractivity contribution in [3.8, 4) is 17.6 Å². The minimum absolute atomic E-state index is 0.652. The Kier molecular flexibility index (Phi) is 5.59. The molecule has 2 N–H and O–H groups in total. The van der Waals surface area contributed by atoms with E-state index < -0.39 is 0 Å². The van der Waals surface area contributed by atoms with Gasteiger partial charge in [0.1, 0.15) is 5.75 Å². The summed E-state index contributed by atoms with van der Waals surface area (Å²) in [7, 11) is 0. The lowest BCUT2D eigenvalue weighted by atomic mass is 10.0. The molecule has 1 aromatic rings. The average Bonchev–Trinajstić information content (AvgIpc) is 2.27. The molecule has 0 aliphatic heterocycles. The Morgan fingerprint density at radius 3 is 2.41 bits per heavy atom. The lowest BCUT2D eigenvalue weighted by Crippen LogP contribution is -2.05. The van der Waals surface area contributed by atoms with Crippen LogP contribution < -0.4 is 10.5 Å². The molecule has 0 radical (unpaired) electrons. The van der Waals surface area contributed by atoms with E-state index in [0.717, 1.165) is 18.6 Å². The lowest BCUT2D eigenvalue weighted by Gasteiger charge is -2.13. The van der Waals surface area contributed by atoms with Crippen molar-refractivity contribution in [1.82, 2.24) is 0 Å². The third-order valence-corrected chi connectivity index (χ3v) is 2.60. The van der Waals surface area contributed by atoms with Gasteiger partial charge < -0.3 is 10.5 Å². The largest absolute Gasteiger partial charge is 0.492 e. The summed E-state index contributed by atoms with van der Waals surface area (Å²) in [5, 5.41) is 0. The van der Waals surface area contributed by atoms with Gasteiger partial charge in [0, 0.05) is 6.42 Å². The van der Waals surface area contributed by atoms with Crippen LogP contribution in [0.5, 0.6) is 5.75 Å². The van der Waals surface area contributed by atoms with Crippen LogP contribution in [0, 0.1) is 25.7 Å². The standard InChI is InChI=1S/C15H21NO/c1-4-5-6-9-17-15-12(2)10-14(7-8-16)11-13(15)3/h10-11H,6-9,16H2,1-3H3.